The fourth-order valence-corrected chi connectivity index (χ4v) is 1.48. The fraction of sp³-hybridized carbons (Fsp3) is 0.385. The van der Waals surface area contributed by atoms with E-state index in [4.69, 9.17) is 0 Å². The lowest BCUT2D eigenvalue weighted by molar-refractivity contribution is 0.0976. The summed E-state index contributed by atoms with van der Waals surface area (Å²) >= 11 is 0. The third-order valence-corrected chi connectivity index (χ3v) is 2.36. The quantitative estimate of drug-likeness (QED) is 0.571. The molecule has 0 amide bonds. The van der Waals surface area contributed by atoms with E-state index in [2.05, 4.69) is 6.92 Å². The standard InChI is InChI=1S/C13H17O2/c1-2-3-4-5-9-12(14)11-8-6-7-10-13(11)15/h6-8,10,15H,1-5,9H2. The maximum absolute atomic E-state index is 11.7. The van der Waals surface area contributed by atoms with Gasteiger partial charge in [-0.3, -0.25) is 4.79 Å². The zero-order valence-corrected chi connectivity index (χ0v) is 8.91. The van der Waals surface area contributed by atoms with Gasteiger partial charge in [-0.2, -0.15) is 0 Å². The van der Waals surface area contributed by atoms with Crippen molar-refractivity contribution in [2.24, 2.45) is 0 Å². The third-order valence-electron chi connectivity index (χ3n) is 2.36. The minimum Gasteiger partial charge on any atom is -0.507 e. The van der Waals surface area contributed by atoms with Crippen LogP contribution in [0, 0.1) is 6.92 Å². The van der Waals surface area contributed by atoms with E-state index in [9.17, 15) is 9.90 Å². The van der Waals surface area contributed by atoms with E-state index in [1.165, 1.54) is 0 Å². The number of phenolic OH excluding ortho intramolecular Hbond substituents is 1. The van der Waals surface area contributed by atoms with E-state index >= 15 is 0 Å². The van der Waals surface area contributed by atoms with Crippen LogP contribution in [0.1, 0.15) is 42.5 Å². The van der Waals surface area contributed by atoms with Crippen molar-refractivity contribution in [3.05, 3.63) is 36.8 Å². The van der Waals surface area contributed by atoms with Crippen LogP contribution in [0.4, 0.5) is 0 Å². The molecule has 81 valence electrons. The van der Waals surface area contributed by atoms with Crippen molar-refractivity contribution in [2.45, 2.75) is 32.1 Å². The normalized spacial score (nSPS) is 10.2. The molecule has 1 aromatic carbocycles. The summed E-state index contributed by atoms with van der Waals surface area (Å²) in [6.45, 7) is 3.75. The Labute approximate surface area is 90.9 Å². The van der Waals surface area contributed by atoms with Crippen molar-refractivity contribution < 1.29 is 9.90 Å². The highest BCUT2D eigenvalue weighted by atomic mass is 16.3. The average molecular weight is 205 g/mol. The molecule has 1 rings (SSSR count). The maximum Gasteiger partial charge on any atom is 0.166 e. The highest BCUT2D eigenvalue weighted by molar-refractivity contribution is 5.98. The number of carbonyl (C=O) groups is 1. The first-order valence-electron chi connectivity index (χ1n) is 5.36. The van der Waals surface area contributed by atoms with Gasteiger partial charge in [-0.15, -0.1) is 0 Å². The highest BCUT2D eigenvalue weighted by Gasteiger charge is 2.09. The molecule has 1 radical (unpaired) electrons. The predicted molar refractivity (Wildman–Crippen MR) is 60.9 cm³/mol. The first-order chi connectivity index (χ1) is 7.25. The predicted octanol–water partition coefficient (Wildman–Crippen LogP) is 3.36. The number of phenols is 1. The summed E-state index contributed by atoms with van der Waals surface area (Å²) in [6.07, 6.45) is 4.40. The van der Waals surface area contributed by atoms with Crippen molar-refractivity contribution in [1.29, 1.82) is 0 Å². The Bertz CT molecular complexity index is 318. The van der Waals surface area contributed by atoms with Crippen molar-refractivity contribution in [3.8, 4) is 5.75 Å². The highest BCUT2D eigenvalue weighted by Crippen LogP contribution is 2.18. The summed E-state index contributed by atoms with van der Waals surface area (Å²) in [7, 11) is 0. The van der Waals surface area contributed by atoms with E-state index in [1.807, 2.05) is 0 Å². The van der Waals surface area contributed by atoms with E-state index in [1.54, 1.807) is 24.3 Å². The lowest BCUT2D eigenvalue weighted by atomic mass is 10.0. The second kappa shape index (κ2) is 6.23. The monoisotopic (exact) mass is 205 g/mol. The van der Waals surface area contributed by atoms with Gasteiger partial charge in [0.15, 0.2) is 5.78 Å². The van der Waals surface area contributed by atoms with Gasteiger partial charge in [0.25, 0.3) is 0 Å². The summed E-state index contributed by atoms with van der Waals surface area (Å²) in [5.74, 6) is 0.108. The van der Waals surface area contributed by atoms with Crippen LogP contribution in [0.15, 0.2) is 24.3 Å². The van der Waals surface area contributed by atoms with Gasteiger partial charge in [-0.25, -0.2) is 0 Å². The number of hydrogen-bond acceptors (Lipinski definition) is 2. The van der Waals surface area contributed by atoms with Gasteiger partial charge >= 0.3 is 0 Å². The van der Waals surface area contributed by atoms with Gasteiger partial charge < -0.3 is 5.11 Å². The number of aromatic hydroxyl groups is 1. The average Bonchev–Trinajstić information content (AvgIpc) is 2.25. The van der Waals surface area contributed by atoms with E-state index in [0.717, 1.165) is 25.7 Å². The molecule has 0 aliphatic heterocycles. The number of hydrogen-bond donors (Lipinski definition) is 1. The Morgan fingerprint density at radius 1 is 1.20 bits per heavy atom. The van der Waals surface area contributed by atoms with E-state index < -0.39 is 0 Å². The number of rotatable bonds is 6. The molecule has 0 saturated carbocycles. The first-order valence-corrected chi connectivity index (χ1v) is 5.36. The zero-order chi connectivity index (χ0) is 11.1. The summed E-state index contributed by atoms with van der Waals surface area (Å²) < 4.78 is 0. The van der Waals surface area contributed by atoms with Crippen LogP contribution in [-0.2, 0) is 0 Å². The van der Waals surface area contributed by atoms with E-state index in [0.29, 0.717) is 12.0 Å². The molecule has 0 unspecified atom stereocenters. The summed E-state index contributed by atoms with van der Waals surface area (Å²) in [5.41, 5.74) is 0.437. The molecule has 0 spiro atoms. The van der Waals surface area contributed by atoms with Crippen LogP contribution in [0.2, 0.25) is 0 Å². The molecular weight excluding hydrogens is 188 g/mol. The number of ketones is 1. The molecule has 2 nitrogen and oxygen atoms in total. The molecule has 0 aromatic heterocycles. The molecule has 0 aliphatic carbocycles. The Morgan fingerprint density at radius 2 is 1.93 bits per heavy atom. The third kappa shape index (κ3) is 3.74. The number of para-hydroxylation sites is 1. The van der Waals surface area contributed by atoms with Crippen LogP contribution in [0.3, 0.4) is 0 Å². The number of Topliss-reactive ketones (excluding diaryl/α,β-unsaturated/α-hetero) is 1. The van der Waals surface area contributed by atoms with E-state index in [-0.39, 0.29) is 11.5 Å². The van der Waals surface area contributed by atoms with Gasteiger partial charge in [0.05, 0.1) is 5.56 Å². The number of benzene rings is 1. The second-order valence-corrected chi connectivity index (χ2v) is 3.60. The minimum atomic E-state index is 0.0252. The second-order valence-electron chi connectivity index (χ2n) is 3.60. The lowest BCUT2D eigenvalue weighted by Gasteiger charge is -2.02. The van der Waals surface area contributed by atoms with Crippen LogP contribution in [0.5, 0.6) is 5.75 Å². The van der Waals surface area contributed by atoms with Gasteiger partial charge in [-0.05, 0) is 18.6 Å². The minimum absolute atomic E-state index is 0.0252. The Balaban J connectivity index is 2.44. The van der Waals surface area contributed by atoms with Crippen LogP contribution >= 0.6 is 0 Å². The van der Waals surface area contributed by atoms with Crippen molar-refractivity contribution >= 4 is 5.78 Å². The van der Waals surface area contributed by atoms with Crippen molar-refractivity contribution in [3.63, 3.8) is 0 Å². The topological polar surface area (TPSA) is 37.3 Å². The molecule has 1 aromatic rings. The molecular formula is C13H17O2. The summed E-state index contributed by atoms with van der Waals surface area (Å²) in [5, 5.41) is 9.45. The fourth-order valence-electron chi connectivity index (χ4n) is 1.48. The van der Waals surface area contributed by atoms with Gasteiger partial charge in [0.2, 0.25) is 0 Å². The van der Waals surface area contributed by atoms with Gasteiger partial charge in [-0.1, -0.05) is 38.3 Å². The SMILES string of the molecule is [CH2]CCCCCC(=O)c1ccccc1O. The molecule has 15 heavy (non-hydrogen) atoms. The lowest BCUT2D eigenvalue weighted by Crippen LogP contribution is -1.99. The smallest absolute Gasteiger partial charge is 0.166 e. The Hall–Kier alpha value is -1.31. The summed E-state index contributed by atoms with van der Waals surface area (Å²) in [4.78, 5) is 11.7. The molecule has 0 saturated heterocycles. The van der Waals surface area contributed by atoms with Crippen LogP contribution in [0.25, 0.3) is 0 Å². The summed E-state index contributed by atoms with van der Waals surface area (Å²) in [6, 6.07) is 6.69. The van der Waals surface area contributed by atoms with Crippen molar-refractivity contribution in [2.75, 3.05) is 0 Å². The molecule has 0 heterocycles. The Morgan fingerprint density at radius 3 is 2.60 bits per heavy atom. The largest absolute Gasteiger partial charge is 0.507 e. The Kier molecular flexibility index (Phi) is 4.88. The molecule has 2 heteroatoms. The van der Waals surface area contributed by atoms with Crippen LogP contribution < -0.4 is 0 Å². The molecule has 0 bridgehead atoms. The number of unbranched alkanes of at least 4 members (excludes halogenated alkanes) is 3. The first kappa shape index (κ1) is 11.8. The van der Waals surface area contributed by atoms with Crippen LogP contribution in [-0.4, -0.2) is 10.9 Å². The van der Waals surface area contributed by atoms with Crippen molar-refractivity contribution in [1.82, 2.24) is 0 Å². The molecule has 0 atom stereocenters. The zero-order valence-electron chi connectivity index (χ0n) is 8.91. The molecule has 0 fully saturated rings. The number of carbonyl (C=O) groups excluding carboxylic acids is 1. The molecule has 1 N–H and O–H groups in total. The maximum atomic E-state index is 11.7. The van der Waals surface area contributed by atoms with Gasteiger partial charge in [0, 0.05) is 6.42 Å². The molecule has 0 aliphatic rings. The van der Waals surface area contributed by atoms with Gasteiger partial charge in [0.1, 0.15) is 5.75 Å².